The molecule has 0 amide bonds. The summed E-state index contributed by atoms with van der Waals surface area (Å²) in [6.07, 6.45) is 3.60. The van der Waals surface area contributed by atoms with Crippen LogP contribution >= 0.6 is 0 Å². The molecule has 1 heterocycles. The highest BCUT2D eigenvalue weighted by Gasteiger charge is 2.43. The molecule has 4 nitrogen and oxygen atoms in total. The molecule has 80 valence electrons. The number of rotatable bonds is 3. The summed E-state index contributed by atoms with van der Waals surface area (Å²) in [4.78, 5) is 0. The largest absolute Gasteiger partial charge is 0.396 e. The lowest BCUT2D eigenvalue weighted by molar-refractivity contribution is -0.154. The van der Waals surface area contributed by atoms with Crippen molar-refractivity contribution in [2.45, 2.75) is 44.4 Å². The normalized spacial score (nSPS) is 32.5. The SMILES string of the molecule is C#C[C@H]1OC(C)(C)O[C@H]1[C@@H](O)CCO. The van der Waals surface area contributed by atoms with Gasteiger partial charge in [-0.15, -0.1) is 6.42 Å². The Morgan fingerprint density at radius 2 is 2.14 bits per heavy atom. The van der Waals surface area contributed by atoms with E-state index < -0.39 is 24.1 Å². The van der Waals surface area contributed by atoms with Gasteiger partial charge in [-0.05, 0) is 20.3 Å². The molecule has 0 aliphatic carbocycles. The fraction of sp³-hybridized carbons (Fsp3) is 0.800. The monoisotopic (exact) mass is 200 g/mol. The molecule has 0 aromatic rings. The number of aliphatic hydroxyl groups is 2. The summed E-state index contributed by atoms with van der Waals surface area (Å²) in [6, 6.07) is 0. The minimum atomic E-state index is -0.789. The topological polar surface area (TPSA) is 58.9 Å². The zero-order valence-electron chi connectivity index (χ0n) is 8.43. The average molecular weight is 200 g/mol. The standard InChI is InChI=1S/C10H16O4/c1-4-8-9(7(12)5-6-11)14-10(2,3)13-8/h1,7-9,11-12H,5-6H2,2-3H3/t7-,8+,9-/m0/s1. The summed E-state index contributed by atoms with van der Waals surface area (Å²) in [7, 11) is 0. The molecule has 0 unspecified atom stereocenters. The van der Waals surface area contributed by atoms with Crippen LogP contribution in [0.5, 0.6) is 0 Å². The van der Waals surface area contributed by atoms with Crippen molar-refractivity contribution in [1.82, 2.24) is 0 Å². The van der Waals surface area contributed by atoms with Crippen molar-refractivity contribution < 1.29 is 19.7 Å². The number of ether oxygens (including phenoxy) is 2. The Balaban J connectivity index is 2.64. The number of hydrogen-bond donors (Lipinski definition) is 2. The van der Waals surface area contributed by atoms with E-state index in [1.165, 1.54) is 0 Å². The van der Waals surface area contributed by atoms with Crippen LogP contribution in [0.25, 0.3) is 0 Å². The maximum atomic E-state index is 9.62. The third-order valence-corrected chi connectivity index (χ3v) is 2.10. The van der Waals surface area contributed by atoms with E-state index >= 15 is 0 Å². The summed E-state index contributed by atoms with van der Waals surface area (Å²) in [5, 5.41) is 18.3. The Morgan fingerprint density at radius 3 is 2.64 bits per heavy atom. The summed E-state index contributed by atoms with van der Waals surface area (Å²) in [5.41, 5.74) is 0. The van der Waals surface area contributed by atoms with Crippen molar-refractivity contribution in [3.05, 3.63) is 0 Å². The van der Waals surface area contributed by atoms with Gasteiger partial charge in [0.15, 0.2) is 5.79 Å². The van der Waals surface area contributed by atoms with Gasteiger partial charge in [-0.2, -0.15) is 0 Å². The molecule has 0 aromatic heterocycles. The Labute approximate surface area is 83.8 Å². The lowest BCUT2D eigenvalue weighted by atomic mass is 10.1. The number of hydrogen-bond acceptors (Lipinski definition) is 4. The molecule has 4 heteroatoms. The predicted molar refractivity (Wildman–Crippen MR) is 50.4 cm³/mol. The maximum absolute atomic E-state index is 9.62. The fourth-order valence-corrected chi connectivity index (χ4v) is 1.50. The zero-order chi connectivity index (χ0) is 10.8. The van der Waals surface area contributed by atoms with E-state index in [1.807, 2.05) is 0 Å². The van der Waals surface area contributed by atoms with Crippen LogP contribution in [0.4, 0.5) is 0 Å². The van der Waals surface area contributed by atoms with E-state index in [0.29, 0.717) is 0 Å². The molecular formula is C10H16O4. The molecule has 3 atom stereocenters. The summed E-state index contributed by atoms with van der Waals surface area (Å²) >= 11 is 0. The Bertz CT molecular complexity index is 231. The molecule has 14 heavy (non-hydrogen) atoms. The van der Waals surface area contributed by atoms with Crippen molar-refractivity contribution >= 4 is 0 Å². The highest BCUT2D eigenvalue weighted by molar-refractivity contribution is 5.04. The number of aliphatic hydroxyl groups excluding tert-OH is 2. The third kappa shape index (κ3) is 2.46. The second-order valence-corrected chi connectivity index (χ2v) is 3.77. The van der Waals surface area contributed by atoms with Crippen LogP contribution in [0.15, 0.2) is 0 Å². The van der Waals surface area contributed by atoms with Gasteiger partial charge in [-0.3, -0.25) is 0 Å². The molecular weight excluding hydrogens is 184 g/mol. The summed E-state index contributed by atoms with van der Waals surface area (Å²) in [5.74, 6) is 1.65. The number of terminal acetylenes is 1. The van der Waals surface area contributed by atoms with E-state index in [9.17, 15) is 5.11 Å². The van der Waals surface area contributed by atoms with Gasteiger partial charge in [0.05, 0.1) is 6.10 Å². The molecule has 0 spiro atoms. The van der Waals surface area contributed by atoms with Crippen LogP contribution in [0, 0.1) is 12.3 Å². The van der Waals surface area contributed by atoms with E-state index in [1.54, 1.807) is 13.8 Å². The first-order valence-electron chi connectivity index (χ1n) is 4.61. The van der Waals surface area contributed by atoms with E-state index in [4.69, 9.17) is 21.0 Å². The van der Waals surface area contributed by atoms with Gasteiger partial charge < -0.3 is 19.7 Å². The molecule has 1 aliphatic rings. The van der Waals surface area contributed by atoms with Crippen molar-refractivity contribution in [3.8, 4) is 12.3 Å². The van der Waals surface area contributed by atoms with Gasteiger partial charge in [0.1, 0.15) is 12.2 Å². The van der Waals surface area contributed by atoms with Crippen LogP contribution < -0.4 is 0 Å². The van der Waals surface area contributed by atoms with Gasteiger partial charge in [-0.1, -0.05) is 5.92 Å². The van der Waals surface area contributed by atoms with Crippen LogP contribution in [0.2, 0.25) is 0 Å². The molecule has 2 N–H and O–H groups in total. The smallest absolute Gasteiger partial charge is 0.165 e. The lowest BCUT2D eigenvalue weighted by Gasteiger charge is -2.20. The Hall–Kier alpha value is -0.600. The van der Waals surface area contributed by atoms with Crippen molar-refractivity contribution in [2.24, 2.45) is 0 Å². The van der Waals surface area contributed by atoms with E-state index in [2.05, 4.69) is 5.92 Å². The van der Waals surface area contributed by atoms with Gasteiger partial charge in [0.25, 0.3) is 0 Å². The lowest BCUT2D eigenvalue weighted by Crippen LogP contribution is -2.35. The van der Waals surface area contributed by atoms with Gasteiger partial charge in [0.2, 0.25) is 0 Å². The average Bonchev–Trinajstić information content (AvgIpc) is 2.41. The first kappa shape index (κ1) is 11.5. The molecule has 1 aliphatic heterocycles. The van der Waals surface area contributed by atoms with E-state index in [0.717, 1.165) is 0 Å². The fourth-order valence-electron chi connectivity index (χ4n) is 1.50. The molecule has 1 saturated heterocycles. The molecule has 0 saturated carbocycles. The summed E-state index contributed by atoms with van der Waals surface area (Å²) < 4.78 is 10.8. The quantitative estimate of drug-likeness (QED) is 0.624. The Kier molecular flexibility index (Phi) is 3.51. The molecule has 0 bridgehead atoms. The maximum Gasteiger partial charge on any atom is 0.165 e. The molecule has 0 radical (unpaired) electrons. The molecule has 1 rings (SSSR count). The van der Waals surface area contributed by atoms with Crippen molar-refractivity contribution in [1.29, 1.82) is 0 Å². The first-order chi connectivity index (χ1) is 6.50. The first-order valence-corrected chi connectivity index (χ1v) is 4.61. The second kappa shape index (κ2) is 4.28. The molecule has 1 fully saturated rings. The van der Waals surface area contributed by atoms with Gasteiger partial charge in [0, 0.05) is 6.61 Å². The van der Waals surface area contributed by atoms with Crippen molar-refractivity contribution in [2.75, 3.05) is 6.61 Å². The third-order valence-electron chi connectivity index (χ3n) is 2.10. The zero-order valence-corrected chi connectivity index (χ0v) is 8.43. The predicted octanol–water partition coefficient (Wildman–Crippen LogP) is -0.117. The van der Waals surface area contributed by atoms with Gasteiger partial charge in [-0.25, -0.2) is 0 Å². The highest BCUT2D eigenvalue weighted by Crippen LogP contribution is 2.30. The summed E-state index contributed by atoms with van der Waals surface area (Å²) in [6.45, 7) is 3.38. The van der Waals surface area contributed by atoms with Crippen LogP contribution in [0.1, 0.15) is 20.3 Å². The van der Waals surface area contributed by atoms with Crippen LogP contribution in [-0.2, 0) is 9.47 Å². The minimum absolute atomic E-state index is 0.0985. The van der Waals surface area contributed by atoms with Crippen LogP contribution in [0.3, 0.4) is 0 Å². The molecule has 0 aromatic carbocycles. The highest BCUT2D eigenvalue weighted by atomic mass is 16.8. The van der Waals surface area contributed by atoms with Crippen LogP contribution in [-0.4, -0.2) is 40.9 Å². The van der Waals surface area contributed by atoms with Crippen molar-refractivity contribution in [3.63, 3.8) is 0 Å². The minimum Gasteiger partial charge on any atom is -0.396 e. The van der Waals surface area contributed by atoms with E-state index in [-0.39, 0.29) is 13.0 Å². The van der Waals surface area contributed by atoms with Gasteiger partial charge >= 0.3 is 0 Å². The Morgan fingerprint density at radius 1 is 1.50 bits per heavy atom. The second-order valence-electron chi connectivity index (χ2n) is 3.77.